The molecule has 1 aliphatic rings. The van der Waals surface area contributed by atoms with E-state index in [4.69, 9.17) is 4.43 Å². The smallest absolute Gasteiger partial charge is 0.401 e. The zero-order chi connectivity index (χ0) is 26.9. The van der Waals surface area contributed by atoms with Crippen LogP contribution in [0.1, 0.15) is 41.0 Å². The number of halogens is 3. The number of alkyl halides is 3. The molecule has 0 aliphatic heterocycles. The molecular formula is C27H33F3O4SSi. The van der Waals surface area contributed by atoms with Crippen molar-refractivity contribution < 1.29 is 30.2 Å². The van der Waals surface area contributed by atoms with Crippen molar-refractivity contribution in [3.8, 4) is 0 Å². The maximum atomic E-state index is 12.9. The van der Waals surface area contributed by atoms with Crippen LogP contribution in [0.15, 0.2) is 84.7 Å². The van der Waals surface area contributed by atoms with Gasteiger partial charge in [0.2, 0.25) is 0 Å². The molecule has 0 aromatic heterocycles. The summed E-state index contributed by atoms with van der Waals surface area (Å²) in [6, 6.07) is 20.0. The lowest BCUT2D eigenvalue weighted by molar-refractivity contribution is -0.0530. The summed E-state index contributed by atoms with van der Waals surface area (Å²) in [6.45, 7) is 13.8. The highest BCUT2D eigenvalue weighted by Crippen LogP contribution is 2.43. The van der Waals surface area contributed by atoms with Crippen molar-refractivity contribution in [2.45, 2.75) is 57.7 Å². The van der Waals surface area contributed by atoms with Gasteiger partial charge >= 0.3 is 15.6 Å². The molecule has 0 unspecified atom stereocenters. The van der Waals surface area contributed by atoms with Crippen molar-refractivity contribution in [3.05, 3.63) is 84.7 Å². The van der Waals surface area contributed by atoms with Crippen LogP contribution in [-0.2, 0) is 18.7 Å². The Balaban J connectivity index is 2.07. The minimum absolute atomic E-state index is 0.305. The van der Waals surface area contributed by atoms with Crippen molar-refractivity contribution in [2.24, 2.45) is 11.8 Å². The zero-order valence-corrected chi connectivity index (χ0v) is 23.0. The van der Waals surface area contributed by atoms with E-state index in [9.17, 15) is 21.6 Å². The normalized spacial score (nSPS) is 21.6. The minimum atomic E-state index is -5.80. The molecule has 2 aromatic carbocycles. The second-order valence-electron chi connectivity index (χ2n) is 10.3. The van der Waals surface area contributed by atoms with Gasteiger partial charge in [0.05, 0.1) is 6.10 Å². The molecule has 4 nitrogen and oxygen atoms in total. The highest BCUT2D eigenvalue weighted by molar-refractivity contribution is 7.87. The van der Waals surface area contributed by atoms with Crippen molar-refractivity contribution in [3.63, 3.8) is 0 Å². The van der Waals surface area contributed by atoms with E-state index in [1.807, 2.05) is 56.3 Å². The van der Waals surface area contributed by atoms with Gasteiger partial charge in [0.1, 0.15) is 5.76 Å². The summed E-state index contributed by atoms with van der Waals surface area (Å²) in [5, 5.41) is 1.83. The molecule has 0 amide bonds. The maximum Gasteiger partial charge on any atom is 0.534 e. The third kappa shape index (κ3) is 5.33. The molecule has 9 heteroatoms. The maximum absolute atomic E-state index is 12.9. The number of benzene rings is 2. The first kappa shape index (κ1) is 28.2. The molecule has 1 aliphatic carbocycles. The van der Waals surface area contributed by atoms with Gasteiger partial charge in [-0.25, -0.2) is 0 Å². The monoisotopic (exact) mass is 538 g/mol. The van der Waals surface area contributed by atoms with E-state index in [0.29, 0.717) is 6.42 Å². The molecule has 0 radical (unpaired) electrons. The molecule has 0 saturated carbocycles. The van der Waals surface area contributed by atoms with Crippen molar-refractivity contribution in [1.29, 1.82) is 0 Å². The Hall–Kier alpha value is -2.36. The number of allylic oxidation sites excluding steroid dienone is 2. The van der Waals surface area contributed by atoms with E-state index in [0.717, 1.165) is 15.9 Å². The van der Waals surface area contributed by atoms with E-state index in [-0.39, 0.29) is 11.0 Å². The van der Waals surface area contributed by atoms with Crippen LogP contribution in [0.2, 0.25) is 5.04 Å². The van der Waals surface area contributed by atoms with Gasteiger partial charge in [-0.1, -0.05) is 101 Å². The first-order valence-electron chi connectivity index (χ1n) is 11.8. The van der Waals surface area contributed by atoms with Gasteiger partial charge in [-0.15, -0.1) is 0 Å². The fraction of sp³-hybridized carbons (Fsp3) is 0.407. The van der Waals surface area contributed by atoms with Crippen LogP contribution in [0.3, 0.4) is 0 Å². The molecule has 0 fully saturated rings. The van der Waals surface area contributed by atoms with Crippen LogP contribution in [-0.4, -0.2) is 28.3 Å². The SMILES string of the molecule is C=C(OS(=O)(=O)C(F)(F)F)[C@@H]1CC=C(C)[C@H](O[Si](c2ccccc2)(c2ccccc2)C(C)(C)C)[C@H]1C. The van der Waals surface area contributed by atoms with E-state index in [1.54, 1.807) is 0 Å². The summed E-state index contributed by atoms with van der Waals surface area (Å²) in [7, 11) is -8.77. The largest absolute Gasteiger partial charge is 0.534 e. The predicted molar refractivity (Wildman–Crippen MR) is 139 cm³/mol. The number of rotatable bonds is 7. The third-order valence-corrected chi connectivity index (χ3v) is 12.9. The van der Waals surface area contributed by atoms with E-state index in [2.05, 4.69) is 55.8 Å². The Bertz CT molecular complexity index is 1160. The average molecular weight is 539 g/mol. The van der Waals surface area contributed by atoms with Crippen LogP contribution in [0.4, 0.5) is 13.2 Å². The van der Waals surface area contributed by atoms with Crippen molar-refractivity contribution in [2.75, 3.05) is 0 Å². The Labute approximate surface area is 213 Å². The molecule has 3 rings (SSSR count). The summed E-state index contributed by atoms with van der Waals surface area (Å²) in [6.07, 6.45) is 1.70. The molecule has 0 heterocycles. The van der Waals surface area contributed by atoms with Gasteiger partial charge in [0.25, 0.3) is 8.32 Å². The highest BCUT2D eigenvalue weighted by atomic mass is 32.2. The fourth-order valence-corrected chi connectivity index (χ4v) is 10.3. The molecule has 0 saturated heterocycles. The summed E-state index contributed by atoms with van der Waals surface area (Å²) in [5.74, 6) is -1.48. The second-order valence-corrected chi connectivity index (χ2v) is 16.1. The summed E-state index contributed by atoms with van der Waals surface area (Å²) < 4.78 is 73.8. The molecule has 0 N–H and O–H groups in total. The third-order valence-electron chi connectivity index (χ3n) is 6.89. The van der Waals surface area contributed by atoms with Gasteiger partial charge in [0, 0.05) is 5.92 Å². The fourth-order valence-electron chi connectivity index (χ4n) is 5.03. The van der Waals surface area contributed by atoms with Crippen LogP contribution < -0.4 is 10.4 Å². The highest BCUT2D eigenvalue weighted by Gasteiger charge is 2.54. The van der Waals surface area contributed by atoms with Crippen molar-refractivity contribution >= 4 is 28.8 Å². The first-order chi connectivity index (χ1) is 16.6. The summed E-state index contributed by atoms with van der Waals surface area (Å²) in [4.78, 5) is 0. The van der Waals surface area contributed by atoms with Gasteiger partial charge in [-0.2, -0.15) is 21.6 Å². The molecule has 0 spiro atoms. The number of hydrogen-bond donors (Lipinski definition) is 0. The first-order valence-corrected chi connectivity index (χ1v) is 15.1. The van der Waals surface area contributed by atoms with E-state index >= 15 is 0 Å². The van der Waals surface area contributed by atoms with Gasteiger partial charge in [-0.05, 0) is 40.2 Å². The van der Waals surface area contributed by atoms with Crippen LogP contribution in [0.25, 0.3) is 0 Å². The molecule has 2 aromatic rings. The van der Waals surface area contributed by atoms with E-state index in [1.165, 1.54) is 0 Å². The van der Waals surface area contributed by atoms with Gasteiger partial charge < -0.3 is 8.61 Å². The topological polar surface area (TPSA) is 52.6 Å². The van der Waals surface area contributed by atoms with Crippen LogP contribution >= 0.6 is 0 Å². The second kappa shape index (κ2) is 10.2. The molecule has 36 heavy (non-hydrogen) atoms. The zero-order valence-electron chi connectivity index (χ0n) is 21.2. The lowest BCUT2D eigenvalue weighted by Crippen LogP contribution is -2.68. The van der Waals surface area contributed by atoms with Crippen molar-refractivity contribution in [1.82, 2.24) is 0 Å². The number of hydrogen-bond acceptors (Lipinski definition) is 4. The van der Waals surface area contributed by atoms with Crippen LogP contribution in [0, 0.1) is 11.8 Å². The van der Waals surface area contributed by atoms with Gasteiger partial charge in [-0.3, -0.25) is 0 Å². The summed E-state index contributed by atoms with van der Waals surface area (Å²) >= 11 is 0. The molecule has 0 bridgehead atoms. The molecular weight excluding hydrogens is 505 g/mol. The quantitative estimate of drug-likeness (QED) is 0.145. The van der Waals surface area contributed by atoms with E-state index < -0.39 is 41.7 Å². The van der Waals surface area contributed by atoms with Crippen LogP contribution in [0.5, 0.6) is 0 Å². The molecule has 196 valence electrons. The predicted octanol–water partition coefficient (Wildman–Crippen LogP) is 5.91. The Kier molecular flexibility index (Phi) is 7.98. The Morgan fingerprint density at radius 3 is 1.86 bits per heavy atom. The Morgan fingerprint density at radius 1 is 0.972 bits per heavy atom. The standard InChI is InChI=1S/C27H33F3O4SSi/c1-19-17-18-24(21(3)33-35(31,32)27(28,29)30)20(2)25(19)34-36(26(4,5)6,22-13-9-7-10-14-22)23-15-11-8-12-16-23/h7-17,20,24-25H,3,18H2,1-2,4-6H3/t20-,24+,25-/m0/s1. The Morgan fingerprint density at radius 2 is 1.44 bits per heavy atom. The minimum Gasteiger partial charge on any atom is -0.401 e. The summed E-state index contributed by atoms with van der Waals surface area (Å²) in [5.41, 5.74) is -4.58. The molecule has 3 atom stereocenters. The average Bonchev–Trinajstić information content (AvgIpc) is 2.78. The lowest BCUT2D eigenvalue weighted by Gasteiger charge is -2.48. The van der Waals surface area contributed by atoms with Gasteiger partial charge in [0.15, 0.2) is 0 Å². The lowest BCUT2D eigenvalue weighted by atomic mass is 9.78.